The summed E-state index contributed by atoms with van der Waals surface area (Å²) in [4.78, 5) is 27.7. The quantitative estimate of drug-likeness (QED) is 0.792. The molecule has 0 aromatic heterocycles. The van der Waals surface area contributed by atoms with Gasteiger partial charge in [-0.15, -0.1) is 0 Å². The summed E-state index contributed by atoms with van der Waals surface area (Å²) in [6.07, 6.45) is 0.771. The van der Waals surface area contributed by atoms with E-state index in [-0.39, 0.29) is 24.3 Å². The highest BCUT2D eigenvalue weighted by Crippen LogP contribution is 2.28. The highest BCUT2D eigenvalue weighted by atomic mass is 16.3. The molecule has 0 bridgehead atoms. The second-order valence-electron chi connectivity index (χ2n) is 7.08. The van der Waals surface area contributed by atoms with E-state index in [1.165, 1.54) is 0 Å². The number of hydrogen-bond acceptors (Lipinski definition) is 3. The van der Waals surface area contributed by atoms with Gasteiger partial charge in [-0.2, -0.15) is 0 Å². The number of fused-ring (bicyclic) bond motifs is 1. The molecule has 0 saturated carbocycles. The molecule has 0 spiro atoms. The normalized spacial score (nSPS) is 16.6. The molecule has 142 valence electrons. The molecule has 5 nitrogen and oxygen atoms in total. The monoisotopic (exact) mass is 366 g/mol. The Labute approximate surface area is 160 Å². The van der Waals surface area contributed by atoms with E-state index in [4.69, 9.17) is 0 Å². The van der Waals surface area contributed by atoms with Crippen molar-refractivity contribution in [2.24, 2.45) is 5.92 Å². The van der Waals surface area contributed by atoms with Gasteiger partial charge in [0.15, 0.2) is 0 Å². The summed E-state index contributed by atoms with van der Waals surface area (Å²) in [5.74, 6) is -0.335. The number of carbonyl (C=O) groups excluding carboxylic acids is 2. The van der Waals surface area contributed by atoms with Crippen LogP contribution in [0.25, 0.3) is 0 Å². The van der Waals surface area contributed by atoms with Gasteiger partial charge in [0.05, 0.1) is 12.6 Å². The highest BCUT2D eigenvalue weighted by molar-refractivity contribution is 6.01. The van der Waals surface area contributed by atoms with Crippen molar-refractivity contribution in [3.63, 3.8) is 0 Å². The maximum absolute atomic E-state index is 13.2. The number of aliphatic hydroxyl groups is 1. The van der Waals surface area contributed by atoms with Crippen molar-refractivity contribution in [1.29, 1.82) is 0 Å². The van der Waals surface area contributed by atoms with Crippen LogP contribution in [0.2, 0.25) is 0 Å². The van der Waals surface area contributed by atoms with E-state index in [1.807, 2.05) is 68.4 Å². The van der Waals surface area contributed by atoms with Crippen LogP contribution in [0, 0.1) is 5.92 Å². The molecular formula is C22H26N2O3. The largest absolute Gasteiger partial charge is 0.394 e. The van der Waals surface area contributed by atoms with Crippen molar-refractivity contribution < 1.29 is 14.7 Å². The first kappa shape index (κ1) is 19.1. The third-order valence-electron chi connectivity index (χ3n) is 5.34. The zero-order chi connectivity index (χ0) is 19.4. The standard InChI is InChI=1S/C22H26N2O3/c1-3-15(2)20(24-13-17-11-7-8-12-18(17)22(24)27)21(26)23-19(14-25)16-9-5-4-6-10-16/h4-12,15,19-20,25H,3,13-14H2,1-2H3,(H,23,26)/t15-,19-,20+/m0/s1. The molecule has 27 heavy (non-hydrogen) atoms. The number of amides is 2. The first-order valence-electron chi connectivity index (χ1n) is 9.41. The fraction of sp³-hybridized carbons (Fsp3) is 0.364. The van der Waals surface area contributed by atoms with Crippen molar-refractivity contribution in [3.05, 3.63) is 71.3 Å². The lowest BCUT2D eigenvalue weighted by molar-refractivity contribution is -0.128. The Morgan fingerprint density at radius 2 is 1.81 bits per heavy atom. The van der Waals surface area contributed by atoms with Gasteiger partial charge in [-0.3, -0.25) is 9.59 Å². The van der Waals surface area contributed by atoms with Gasteiger partial charge in [0, 0.05) is 12.1 Å². The molecule has 3 atom stereocenters. The van der Waals surface area contributed by atoms with Gasteiger partial charge < -0.3 is 15.3 Å². The van der Waals surface area contributed by atoms with Crippen molar-refractivity contribution in [2.75, 3.05) is 6.61 Å². The van der Waals surface area contributed by atoms with Gasteiger partial charge in [0.1, 0.15) is 6.04 Å². The van der Waals surface area contributed by atoms with Gasteiger partial charge in [0.25, 0.3) is 5.91 Å². The molecule has 0 fully saturated rings. The Kier molecular flexibility index (Phi) is 5.91. The van der Waals surface area contributed by atoms with E-state index in [0.717, 1.165) is 17.5 Å². The van der Waals surface area contributed by atoms with Crippen LogP contribution in [0.1, 0.15) is 47.8 Å². The second kappa shape index (κ2) is 8.35. The topological polar surface area (TPSA) is 69.6 Å². The highest BCUT2D eigenvalue weighted by Gasteiger charge is 2.39. The molecule has 2 amide bonds. The Balaban J connectivity index is 1.83. The molecule has 1 heterocycles. The average molecular weight is 366 g/mol. The van der Waals surface area contributed by atoms with E-state index in [2.05, 4.69) is 5.32 Å². The smallest absolute Gasteiger partial charge is 0.255 e. The van der Waals surface area contributed by atoms with Crippen LogP contribution in [0.5, 0.6) is 0 Å². The number of benzene rings is 2. The molecule has 1 aliphatic heterocycles. The summed E-state index contributed by atoms with van der Waals surface area (Å²) >= 11 is 0. The third-order valence-corrected chi connectivity index (χ3v) is 5.34. The lowest BCUT2D eigenvalue weighted by Crippen LogP contribution is -2.51. The minimum atomic E-state index is -0.576. The average Bonchev–Trinajstić information content (AvgIpc) is 3.03. The number of hydrogen-bond donors (Lipinski definition) is 2. The molecule has 0 radical (unpaired) electrons. The number of rotatable bonds is 7. The summed E-state index contributed by atoms with van der Waals surface area (Å²) in [7, 11) is 0. The molecule has 5 heteroatoms. The van der Waals surface area contributed by atoms with E-state index >= 15 is 0 Å². The Morgan fingerprint density at radius 3 is 2.44 bits per heavy atom. The number of nitrogens with zero attached hydrogens (tertiary/aromatic N) is 1. The zero-order valence-corrected chi connectivity index (χ0v) is 15.8. The van der Waals surface area contributed by atoms with Gasteiger partial charge in [-0.25, -0.2) is 0 Å². The van der Waals surface area contributed by atoms with Crippen molar-refractivity contribution in [3.8, 4) is 0 Å². The fourth-order valence-electron chi connectivity index (χ4n) is 3.61. The van der Waals surface area contributed by atoms with Crippen LogP contribution in [0.4, 0.5) is 0 Å². The molecule has 0 saturated heterocycles. The summed E-state index contributed by atoms with van der Waals surface area (Å²) in [6.45, 7) is 4.24. The number of aliphatic hydroxyl groups excluding tert-OH is 1. The molecule has 0 unspecified atom stereocenters. The predicted molar refractivity (Wildman–Crippen MR) is 104 cm³/mol. The molecule has 2 aromatic rings. The van der Waals surface area contributed by atoms with Gasteiger partial charge in [-0.05, 0) is 23.1 Å². The van der Waals surface area contributed by atoms with E-state index < -0.39 is 12.1 Å². The van der Waals surface area contributed by atoms with Crippen molar-refractivity contribution >= 4 is 11.8 Å². The summed E-state index contributed by atoms with van der Waals surface area (Å²) in [6, 6.07) is 15.8. The fourth-order valence-corrected chi connectivity index (χ4v) is 3.61. The maximum atomic E-state index is 13.2. The molecule has 0 aliphatic carbocycles. The molecule has 3 rings (SSSR count). The van der Waals surface area contributed by atoms with Crippen LogP contribution < -0.4 is 5.32 Å². The first-order chi connectivity index (χ1) is 13.1. The van der Waals surface area contributed by atoms with Crippen LogP contribution in [-0.4, -0.2) is 34.5 Å². The Morgan fingerprint density at radius 1 is 1.15 bits per heavy atom. The SMILES string of the molecule is CC[C@H](C)[C@H](C(=O)N[C@@H](CO)c1ccccc1)N1Cc2ccccc2C1=O. The molecule has 1 aliphatic rings. The third kappa shape index (κ3) is 3.88. The van der Waals surface area contributed by atoms with E-state index in [1.54, 1.807) is 4.90 Å². The minimum Gasteiger partial charge on any atom is -0.394 e. The summed E-state index contributed by atoms with van der Waals surface area (Å²) in [5.41, 5.74) is 2.46. The van der Waals surface area contributed by atoms with Crippen LogP contribution in [0.15, 0.2) is 54.6 Å². The van der Waals surface area contributed by atoms with Crippen LogP contribution in [-0.2, 0) is 11.3 Å². The first-order valence-corrected chi connectivity index (χ1v) is 9.41. The van der Waals surface area contributed by atoms with E-state index in [0.29, 0.717) is 12.1 Å². The molecule has 2 N–H and O–H groups in total. The lowest BCUT2D eigenvalue weighted by atomic mass is 9.96. The van der Waals surface area contributed by atoms with Gasteiger partial charge in [0.2, 0.25) is 5.91 Å². The van der Waals surface area contributed by atoms with Crippen LogP contribution in [0.3, 0.4) is 0 Å². The summed E-state index contributed by atoms with van der Waals surface area (Å²) in [5, 5.41) is 12.7. The lowest BCUT2D eigenvalue weighted by Gasteiger charge is -2.32. The van der Waals surface area contributed by atoms with E-state index in [9.17, 15) is 14.7 Å². The predicted octanol–water partition coefficient (Wildman–Crippen LogP) is 2.91. The molecular weight excluding hydrogens is 340 g/mol. The number of nitrogens with one attached hydrogen (secondary N) is 1. The van der Waals surface area contributed by atoms with Gasteiger partial charge in [-0.1, -0.05) is 68.8 Å². The second-order valence-corrected chi connectivity index (χ2v) is 7.08. The Bertz CT molecular complexity index is 806. The maximum Gasteiger partial charge on any atom is 0.255 e. The van der Waals surface area contributed by atoms with Gasteiger partial charge >= 0.3 is 0 Å². The van der Waals surface area contributed by atoms with Crippen LogP contribution >= 0.6 is 0 Å². The number of carbonyl (C=O) groups is 2. The minimum absolute atomic E-state index is 0.00150. The zero-order valence-electron chi connectivity index (χ0n) is 15.8. The molecule has 2 aromatic carbocycles. The Hall–Kier alpha value is -2.66. The summed E-state index contributed by atoms with van der Waals surface area (Å²) < 4.78 is 0. The van der Waals surface area contributed by atoms with Crippen molar-refractivity contribution in [2.45, 2.75) is 38.9 Å². The van der Waals surface area contributed by atoms with Crippen molar-refractivity contribution in [1.82, 2.24) is 10.2 Å².